The minimum atomic E-state index is -0.508. The van der Waals surface area contributed by atoms with Crippen LogP contribution in [0.4, 0.5) is 10.1 Å². The molecule has 0 aliphatic rings. The minimum absolute atomic E-state index is 0.0435. The zero-order chi connectivity index (χ0) is 18.5. The SMILES string of the molecule is O=C(Nc1cccc(CNC(=O)c2ccc(F)cc2Cl)c1)c1ccco1. The van der Waals surface area contributed by atoms with Gasteiger partial charge < -0.3 is 15.1 Å². The largest absolute Gasteiger partial charge is 0.459 e. The van der Waals surface area contributed by atoms with Crippen molar-refractivity contribution in [2.75, 3.05) is 5.32 Å². The number of rotatable bonds is 5. The Morgan fingerprint density at radius 1 is 1.04 bits per heavy atom. The molecule has 1 aromatic heterocycles. The van der Waals surface area contributed by atoms with Crippen LogP contribution < -0.4 is 10.6 Å². The smallest absolute Gasteiger partial charge is 0.291 e. The Morgan fingerprint density at radius 3 is 2.62 bits per heavy atom. The third-order valence-electron chi connectivity index (χ3n) is 3.56. The van der Waals surface area contributed by atoms with E-state index < -0.39 is 11.7 Å². The molecule has 0 spiro atoms. The molecule has 5 nitrogen and oxygen atoms in total. The number of furan rings is 1. The van der Waals surface area contributed by atoms with E-state index in [0.29, 0.717) is 5.69 Å². The molecule has 2 N–H and O–H groups in total. The van der Waals surface area contributed by atoms with Crippen molar-refractivity contribution in [3.05, 3.63) is 88.6 Å². The number of benzene rings is 2. The molecule has 0 bridgehead atoms. The van der Waals surface area contributed by atoms with E-state index in [1.165, 1.54) is 18.4 Å². The van der Waals surface area contributed by atoms with E-state index in [1.807, 2.05) is 0 Å². The van der Waals surface area contributed by atoms with E-state index >= 15 is 0 Å². The van der Waals surface area contributed by atoms with Gasteiger partial charge in [0.05, 0.1) is 16.8 Å². The number of nitrogens with one attached hydrogen (secondary N) is 2. The first-order chi connectivity index (χ1) is 12.5. The highest BCUT2D eigenvalue weighted by Gasteiger charge is 2.12. The van der Waals surface area contributed by atoms with Crippen LogP contribution in [0.25, 0.3) is 0 Å². The van der Waals surface area contributed by atoms with Crippen molar-refractivity contribution in [2.45, 2.75) is 6.54 Å². The number of carbonyl (C=O) groups excluding carboxylic acids is 2. The summed E-state index contributed by atoms with van der Waals surface area (Å²) in [5.41, 5.74) is 1.53. The molecular weight excluding hydrogens is 359 g/mol. The van der Waals surface area contributed by atoms with Gasteiger partial charge in [-0.15, -0.1) is 0 Å². The first kappa shape index (κ1) is 17.7. The second-order valence-corrected chi connectivity index (χ2v) is 5.85. The van der Waals surface area contributed by atoms with Crippen LogP contribution in [0.1, 0.15) is 26.5 Å². The molecule has 0 fully saturated rings. The molecule has 2 amide bonds. The topological polar surface area (TPSA) is 71.3 Å². The van der Waals surface area contributed by atoms with Gasteiger partial charge in [-0.3, -0.25) is 9.59 Å². The number of amides is 2. The number of hydrogen-bond acceptors (Lipinski definition) is 3. The highest BCUT2D eigenvalue weighted by atomic mass is 35.5. The van der Waals surface area contributed by atoms with Crippen LogP contribution in [0.15, 0.2) is 65.3 Å². The van der Waals surface area contributed by atoms with Crippen LogP contribution in [-0.4, -0.2) is 11.8 Å². The lowest BCUT2D eigenvalue weighted by Gasteiger charge is -2.09. The van der Waals surface area contributed by atoms with Crippen molar-refractivity contribution in [2.24, 2.45) is 0 Å². The fourth-order valence-corrected chi connectivity index (χ4v) is 2.56. The molecule has 0 saturated heterocycles. The highest BCUT2D eigenvalue weighted by molar-refractivity contribution is 6.33. The van der Waals surface area contributed by atoms with Crippen molar-refractivity contribution >= 4 is 29.1 Å². The molecule has 0 unspecified atom stereocenters. The predicted molar refractivity (Wildman–Crippen MR) is 95.7 cm³/mol. The van der Waals surface area contributed by atoms with Crippen LogP contribution in [-0.2, 0) is 6.54 Å². The van der Waals surface area contributed by atoms with Crippen molar-refractivity contribution < 1.29 is 18.4 Å². The molecule has 26 heavy (non-hydrogen) atoms. The Labute approximate surface area is 153 Å². The maximum Gasteiger partial charge on any atom is 0.291 e. The molecule has 132 valence electrons. The lowest BCUT2D eigenvalue weighted by atomic mass is 10.1. The quantitative estimate of drug-likeness (QED) is 0.703. The fraction of sp³-hybridized carbons (Fsp3) is 0.0526. The van der Waals surface area contributed by atoms with Crippen molar-refractivity contribution in [3.63, 3.8) is 0 Å². The third kappa shape index (κ3) is 4.29. The highest BCUT2D eigenvalue weighted by Crippen LogP contribution is 2.18. The summed E-state index contributed by atoms with van der Waals surface area (Å²) in [4.78, 5) is 24.2. The number of hydrogen-bond donors (Lipinski definition) is 2. The van der Waals surface area contributed by atoms with Crippen molar-refractivity contribution in [1.82, 2.24) is 5.32 Å². The third-order valence-corrected chi connectivity index (χ3v) is 3.87. The van der Waals surface area contributed by atoms with Crippen LogP contribution in [0.2, 0.25) is 5.02 Å². The van der Waals surface area contributed by atoms with E-state index in [9.17, 15) is 14.0 Å². The van der Waals surface area contributed by atoms with Gasteiger partial charge in [-0.2, -0.15) is 0 Å². The first-order valence-corrected chi connectivity index (χ1v) is 8.08. The summed E-state index contributed by atoms with van der Waals surface area (Å²) in [5.74, 6) is -1.09. The van der Waals surface area contributed by atoms with E-state index in [2.05, 4.69) is 10.6 Å². The van der Waals surface area contributed by atoms with Crippen LogP contribution in [0.5, 0.6) is 0 Å². The van der Waals surface area contributed by atoms with E-state index in [1.54, 1.807) is 36.4 Å². The minimum Gasteiger partial charge on any atom is -0.459 e. The Hall–Kier alpha value is -3.12. The Balaban J connectivity index is 1.63. The van der Waals surface area contributed by atoms with Gasteiger partial charge in [0.25, 0.3) is 11.8 Å². The Bertz CT molecular complexity index is 942. The zero-order valence-corrected chi connectivity index (χ0v) is 14.2. The molecule has 3 aromatic rings. The monoisotopic (exact) mass is 372 g/mol. The van der Waals surface area contributed by atoms with Gasteiger partial charge in [0.2, 0.25) is 0 Å². The summed E-state index contributed by atoms with van der Waals surface area (Å²) in [7, 11) is 0. The molecular formula is C19H14ClFN2O3. The second kappa shape index (κ2) is 7.84. The molecule has 1 heterocycles. The van der Waals surface area contributed by atoms with Crippen LogP contribution in [0.3, 0.4) is 0 Å². The molecule has 3 rings (SSSR count). The van der Waals surface area contributed by atoms with Gasteiger partial charge in [0, 0.05) is 12.2 Å². The number of anilines is 1. The second-order valence-electron chi connectivity index (χ2n) is 5.44. The van der Waals surface area contributed by atoms with E-state index in [0.717, 1.165) is 11.6 Å². The Morgan fingerprint density at radius 2 is 1.88 bits per heavy atom. The van der Waals surface area contributed by atoms with Crippen LogP contribution >= 0.6 is 11.6 Å². The zero-order valence-electron chi connectivity index (χ0n) is 13.5. The summed E-state index contributed by atoms with van der Waals surface area (Å²) in [5, 5.41) is 5.46. The molecule has 7 heteroatoms. The summed E-state index contributed by atoms with van der Waals surface area (Å²) >= 11 is 5.88. The van der Waals surface area contributed by atoms with Gasteiger partial charge in [0.15, 0.2) is 5.76 Å². The lowest BCUT2D eigenvalue weighted by molar-refractivity contribution is 0.0949. The fourth-order valence-electron chi connectivity index (χ4n) is 2.31. The molecule has 0 aliphatic carbocycles. The first-order valence-electron chi connectivity index (χ1n) is 7.70. The predicted octanol–water partition coefficient (Wildman–Crippen LogP) is 4.25. The lowest BCUT2D eigenvalue weighted by Crippen LogP contribution is -2.23. The normalized spacial score (nSPS) is 10.4. The van der Waals surface area contributed by atoms with Crippen LogP contribution in [0, 0.1) is 5.82 Å². The van der Waals surface area contributed by atoms with Gasteiger partial charge in [0.1, 0.15) is 5.82 Å². The molecule has 0 radical (unpaired) electrons. The standard InChI is InChI=1S/C19H14ClFN2O3/c20-16-10-13(21)6-7-15(16)18(24)22-11-12-3-1-4-14(9-12)23-19(25)17-5-2-8-26-17/h1-10H,11H2,(H,22,24)(H,23,25). The van der Waals surface area contributed by atoms with Crippen molar-refractivity contribution in [3.8, 4) is 0 Å². The van der Waals surface area contributed by atoms with Gasteiger partial charge in [-0.1, -0.05) is 23.7 Å². The average molecular weight is 373 g/mol. The maximum absolute atomic E-state index is 13.1. The summed E-state index contributed by atoms with van der Waals surface area (Å²) in [6, 6.07) is 13.8. The Kier molecular flexibility index (Phi) is 5.34. The number of halogens is 2. The van der Waals surface area contributed by atoms with Gasteiger partial charge in [-0.25, -0.2) is 4.39 Å². The van der Waals surface area contributed by atoms with E-state index in [-0.39, 0.29) is 28.8 Å². The number of carbonyl (C=O) groups is 2. The molecule has 2 aromatic carbocycles. The van der Waals surface area contributed by atoms with Gasteiger partial charge >= 0.3 is 0 Å². The summed E-state index contributed by atoms with van der Waals surface area (Å²) in [6.45, 7) is 0.219. The molecule has 0 saturated carbocycles. The van der Waals surface area contributed by atoms with Crippen molar-refractivity contribution in [1.29, 1.82) is 0 Å². The summed E-state index contributed by atoms with van der Waals surface area (Å²) < 4.78 is 18.1. The molecule has 0 aliphatic heterocycles. The summed E-state index contributed by atoms with van der Waals surface area (Å²) in [6.07, 6.45) is 1.42. The molecule has 0 atom stereocenters. The maximum atomic E-state index is 13.1. The average Bonchev–Trinajstić information content (AvgIpc) is 3.15. The van der Waals surface area contributed by atoms with Gasteiger partial charge in [-0.05, 0) is 48.0 Å². The van der Waals surface area contributed by atoms with E-state index in [4.69, 9.17) is 16.0 Å².